The molecule has 0 unspecified atom stereocenters. The minimum Gasteiger partial charge on any atom is -0.464 e. The summed E-state index contributed by atoms with van der Waals surface area (Å²) in [5.41, 5.74) is 4.10. The summed E-state index contributed by atoms with van der Waals surface area (Å²) in [4.78, 5) is 55.5. The van der Waals surface area contributed by atoms with E-state index in [9.17, 15) is 24.0 Å². The molecule has 2 heterocycles. The van der Waals surface area contributed by atoms with E-state index in [-0.39, 0.29) is 17.1 Å². The molecular formula is C25H40N6O11. The Kier molecular flexibility index (Phi) is 14.0. The number of aromatic amines is 2. The molecule has 1 amide bonds. The number of nitrogen functional groups attached to an aromatic ring is 1. The van der Waals surface area contributed by atoms with Crippen LogP contribution >= 0.6 is 0 Å². The highest BCUT2D eigenvalue weighted by Gasteiger charge is 2.24. The number of methoxy groups -OCH3 is 2. The van der Waals surface area contributed by atoms with Crippen LogP contribution in [-0.2, 0) is 28.4 Å². The second kappa shape index (κ2) is 15.8. The highest BCUT2D eigenvalue weighted by Crippen LogP contribution is 2.15. The summed E-state index contributed by atoms with van der Waals surface area (Å²) < 4.78 is 27.7. The normalized spacial score (nSPS) is 10.8. The number of hydrogen-bond donors (Lipinski definition) is 4. The highest BCUT2D eigenvalue weighted by molar-refractivity contribution is 5.97. The van der Waals surface area contributed by atoms with Crippen molar-refractivity contribution in [1.82, 2.24) is 20.4 Å². The maximum Gasteiger partial charge on any atom is 0.519 e. The molecule has 0 saturated carbocycles. The minimum absolute atomic E-state index is 0.0679. The lowest BCUT2D eigenvalue weighted by Crippen LogP contribution is -2.29. The van der Waals surface area contributed by atoms with E-state index in [1.807, 2.05) is 0 Å². The zero-order valence-electron chi connectivity index (χ0n) is 25.6. The second-order valence-corrected chi connectivity index (χ2v) is 11.0. The lowest BCUT2D eigenvalue weighted by Gasteiger charge is -2.20. The number of nitrogens with zero attached hydrogens (tertiary/aromatic N) is 2. The molecule has 0 spiro atoms. The van der Waals surface area contributed by atoms with Crippen LogP contribution in [-0.4, -0.2) is 81.8 Å². The van der Waals surface area contributed by atoms with E-state index in [0.717, 1.165) is 0 Å². The number of H-pyrrole nitrogens is 2. The van der Waals surface area contributed by atoms with Crippen molar-refractivity contribution in [3.05, 3.63) is 23.8 Å². The Bertz CT molecular complexity index is 1170. The summed E-state index contributed by atoms with van der Waals surface area (Å²) in [7, 11) is 2.52. The third kappa shape index (κ3) is 16.3. The van der Waals surface area contributed by atoms with Gasteiger partial charge in [0.15, 0.2) is 11.4 Å². The number of carbonyl (C=O) groups excluding carboxylic acids is 5. The van der Waals surface area contributed by atoms with Gasteiger partial charge in [-0.25, -0.2) is 24.0 Å². The van der Waals surface area contributed by atoms with E-state index in [2.05, 4.69) is 39.9 Å². The molecule has 2 aromatic heterocycles. The largest absolute Gasteiger partial charge is 0.519 e. The minimum atomic E-state index is -1.06. The molecule has 236 valence electrons. The first kappa shape index (κ1) is 37.2. The Morgan fingerprint density at radius 3 is 1.48 bits per heavy atom. The van der Waals surface area contributed by atoms with Crippen LogP contribution in [0.4, 0.5) is 25.8 Å². The van der Waals surface area contributed by atoms with Gasteiger partial charge in [0.1, 0.15) is 16.8 Å². The van der Waals surface area contributed by atoms with E-state index < -0.39 is 47.1 Å². The van der Waals surface area contributed by atoms with Crippen molar-refractivity contribution in [3.8, 4) is 0 Å². The molecule has 0 fully saturated rings. The van der Waals surface area contributed by atoms with E-state index in [1.165, 1.54) is 26.6 Å². The third-order valence-electron chi connectivity index (χ3n) is 3.67. The molecule has 2 rings (SSSR count). The SMILES string of the molecule is CC(C)(C)OC(=O)OC(=O)OC(C)(C)C.COC(=O)c1[nH]ncc1N.COC(=O)c1[nH]ncc1NC(=O)OC(C)(C)C. The molecule has 5 N–H and O–H groups in total. The number of esters is 2. The Morgan fingerprint density at radius 1 is 0.690 bits per heavy atom. The van der Waals surface area contributed by atoms with Crippen molar-refractivity contribution in [2.75, 3.05) is 25.3 Å². The molecule has 0 saturated heterocycles. The zero-order chi connectivity index (χ0) is 32.9. The molecular weight excluding hydrogens is 560 g/mol. The molecule has 42 heavy (non-hydrogen) atoms. The van der Waals surface area contributed by atoms with Gasteiger partial charge in [-0.15, -0.1) is 0 Å². The number of hydrogen-bond acceptors (Lipinski definition) is 14. The molecule has 0 aliphatic carbocycles. The summed E-state index contributed by atoms with van der Waals surface area (Å²) >= 11 is 0. The molecule has 0 radical (unpaired) electrons. The van der Waals surface area contributed by atoms with Crippen molar-refractivity contribution >= 4 is 41.7 Å². The molecule has 2 aromatic rings. The van der Waals surface area contributed by atoms with Gasteiger partial charge in [0.05, 0.1) is 38.0 Å². The molecule has 0 bridgehead atoms. The van der Waals surface area contributed by atoms with Gasteiger partial charge in [-0.05, 0) is 62.3 Å². The van der Waals surface area contributed by atoms with Crippen LogP contribution in [0.3, 0.4) is 0 Å². The highest BCUT2D eigenvalue weighted by atomic mass is 16.8. The van der Waals surface area contributed by atoms with Crippen molar-refractivity contribution in [1.29, 1.82) is 0 Å². The van der Waals surface area contributed by atoms with Gasteiger partial charge in [-0.2, -0.15) is 10.2 Å². The first-order chi connectivity index (χ1) is 19.1. The summed E-state index contributed by atoms with van der Waals surface area (Å²) in [5.74, 6) is -1.12. The molecule has 0 aliphatic rings. The van der Waals surface area contributed by atoms with E-state index in [4.69, 9.17) is 19.9 Å². The Balaban J connectivity index is 0.000000620. The van der Waals surface area contributed by atoms with Gasteiger partial charge in [-0.3, -0.25) is 15.5 Å². The number of amides is 1. The zero-order valence-corrected chi connectivity index (χ0v) is 25.6. The van der Waals surface area contributed by atoms with Crippen molar-refractivity contribution in [3.63, 3.8) is 0 Å². The molecule has 0 atom stereocenters. The fourth-order valence-corrected chi connectivity index (χ4v) is 2.22. The van der Waals surface area contributed by atoms with Crippen molar-refractivity contribution < 1.29 is 52.4 Å². The molecule has 0 aliphatic heterocycles. The maximum absolute atomic E-state index is 11.5. The van der Waals surface area contributed by atoms with Gasteiger partial charge in [0.2, 0.25) is 0 Å². The number of carbonyl (C=O) groups is 5. The smallest absolute Gasteiger partial charge is 0.464 e. The first-order valence-electron chi connectivity index (χ1n) is 12.2. The quantitative estimate of drug-likeness (QED) is 0.219. The Hall–Kier alpha value is -4.83. The number of nitrogens with one attached hydrogen (secondary N) is 3. The van der Waals surface area contributed by atoms with Crippen molar-refractivity contribution in [2.24, 2.45) is 0 Å². The molecule has 0 aromatic carbocycles. The number of nitrogens with two attached hydrogens (primary N) is 1. The van der Waals surface area contributed by atoms with Crippen LogP contribution in [0.25, 0.3) is 0 Å². The lowest BCUT2D eigenvalue weighted by molar-refractivity contribution is -0.0294. The average Bonchev–Trinajstić information content (AvgIpc) is 3.43. The van der Waals surface area contributed by atoms with Gasteiger partial charge in [0.25, 0.3) is 0 Å². The van der Waals surface area contributed by atoms with E-state index >= 15 is 0 Å². The number of ether oxygens (including phenoxy) is 6. The first-order valence-corrected chi connectivity index (χ1v) is 12.2. The van der Waals surface area contributed by atoms with Crippen LogP contribution in [0.15, 0.2) is 12.4 Å². The van der Waals surface area contributed by atoms with Crippen LogP contribution in [0.1, 0.15) is 83.3 Å². The Labute approximate surface area is 243 Å². The maximum atomic E-state index is 11.5. The fourth-order valence-electron chi connectivity index (χ4n) is 2.22. The third-order valence-corrected chi connectivity index (χ3v) is 3.67. The molecule has 17 nitrogen and oxygen atoms in total. The standard InChI is InChI=1S/C10H15N3O4.C10H18O5.C5H7N3O2/c1-10(2,3)17-9(15)12-6-5-11-13-7(6)8(14)16-4;1-9(2,3)14-7(11)13-8(12)15-10(4,5)6;1-10-5(9)4-3(6)2-7-8-4/h5H,1-4H3,(H,11,13)(H,12,15);1-6H3;2H,6H2,1H3,(H,7,8). The topological polar surface area (TPSA) is 236 Å². The summed E-state index contributed by atoms with van der Waals surface area (Å²) in [5, 5.41) is 14.4. The number of aromatic nitrogens is 4. The summed E-state index contributed by atoms with van der Waals surface area (Å²) in [6, 6.07) is 0. The van der Waals surface area contributed by atoms with E-state index in [0.29, 0.717) is 5.69 Å². The van der Waals surface area contributed by atoms with Gasteiger partial charge < -0.3 is 34.2 Å². The lowest BCUT2D eigenvalue weighted by atomic mass is 10.2. The van der Waals surface area contributed by atoms with Gasteiger partial charge in [-0.1, -0.05) is 0 Å². The van der Waals surface area contributed by atoms with Crippen LogP contribution < -0.4 is 11.1 Å². The molecule has 17 heteroatoms. The van der Waals surface area contributed by atoms with Crippen LogP contribution in [0, 0.1) is 0 Å². The number of rotatable bonds is 3. The fraction of sp³-hybridized carbons (Fsp3) is 0.560. The number of anilines is 2. The van der Waals surface area contributed by atoms with Crippen LogP contribution in [0.5, 0.6) is 0 Å². The van der Waals surface area contributed by atoms with Crippen molar-refractivity contribution in [2.45, 2.75) is 79.1 Å². The summed E-state index contributed by atoms with van der Waals surface area (Å²) in [6.07, 6.45) is -0.125. The average molecular weight is 601 g/mol. The predicted octanol–water partition coefficient (Wildman–Crippen LogP) is 4.20. The predicted molar refractivity (Wildman–Crippen MR) is 148 cm³/mol. The van der Waals surface area contributed by atoms with Gasteiger partial charge in [0, 0.05) is 0 Å². The Morgan fingerprint density at radius 2 is 1.10 bits per heavy atom. The monoisotopic (exact) mass is 600 g/mol. The summed E-state index contributed by atoms with van der Waals surface area (Å²) in [6.45, 7) is 15.2. The second-order valence-electron chi connectivity index (χ2n) is 11.0. The van der Waals surface area contributed by atoms with Crippen LogP contribution in [0.2, 0.25) is 0 Å². The van der Waals surface area contributed by atoms with E-state index in [1.54, 1.807) is 62.3 Å². The van der Waals surface area contributed by atoms with Gasteiger partial charge >= 0.3 is 30.3 Å².